The molecular formula is C14H17ClN2O. The van der Waals surface area contributed by atoms with E-state index in [-0.39, 0.29) is 0 Å². The number of halogens is 1. The number of hydrogen-bond acceptors (Lipinski definition) is 3. The molecule has 18 heavy (non-hydrogen) atoms. The fraction of sp³-hybridized carbons (Fsp3) is 0.357. The second-order valence-corrected chi connectivity index (χ2v) is 4.76. The third kappa shape index (κ3) is 2.16. The van der Waals surface area contributed by atoms with Gasteiger partial charge in [0.1, 0.15) is 11.3 Å². The predicted octanol–water partition coefficient (Wildman–Crippen LogP) is 3.01. The molecule has 1 aromatic heterocycles. The summed E-state index contributed by atoms with van der Waals surface area (Å²) >= 11 is 6.21. The van der Waals surface area contributed by atoms with Gasteiger partial charge in [0.2, 0.25) is 0 Å². The van der Waals surface area contributed by atoms with Crippen LogP contribution in [0.2, 0.25) is 5.02 Å². The van der Waals surface area contributed by atoms with Crippen LogP contribution in [0, 0.1) is 13.8 Å². The SMILES string of the molecule is COc1cc(Cl)c(C)c2cc(CCN)c(C)nc12. The average molecular weight is 265 g/mol. The van der Waals surface area contributed by atoms with Crippen molar-refractivity contribution in [3.05, 3.63) is 34.0 Å². The third-order valence-corrected chi connectivity index (χ3v) is 3.60. The van der Waals surface area contributed by atoms with E-state index in [1.165, 1.54) is 0 Å². The fourth-order valence-electron chi connectivity index (χ4n) is 2.10. The van der Waals surface area contributed by atoms with Crippen LogP contribution in [-0.2, 0) is 6.42 Å². The molecule has 0 unspecified atom stereocenters. The van der Waals surface area contributed by atoms with E-state index >= 15 is 0 Å². The first-order valence-electron chi connectivity index (χ1n) is 5.92. The van der Waals surface area contributed by atoms with E-state index < -0.39 is 0 Å². The minimum atomic E-state index is 0.616. The highest BCUT2D eigenvalue weighted by Crippen LogP contribution is 2.33. The van der Waals surface area contributed by atoms with Gasteiger partial charge < -0.3 is 10.5 Å². The molecule has 3 nitrogen and oxygen atoms in total. The minimum absolute atomic E-state index is 0.616. The molecule has 0 bridgehead atoms. The first kappa shape index (κ1) is 13.1. The maximum atomic E-state index is 6.21. The van der Waals surface area contributed by atoms with Gasteiger partial charge in [-0.15, -0.1) is 0 Å². The Kier molecular flexibility index (Phi) is 3.73. The lowest BCUT2D eigenvalue weighted by atomic mass is 10.0. The molecule has 2 rings (SSSR count). The van der Waals surface area contributed by atoms with Crippen molar-refractivity contribution in [2.75, 3.05) is 13.7 Å². The van der Waals surface area contributed by atoms with Crippen LogP contribution in [0.15, 0.2) is 12.1 Å². The zero-order chi connectivity index (χ0) is 13.3. The highest BCUT2D eigenvalue weighted by atomic mass is 35.5. The number of hydrogen-bond donors (Lipinski definition) is 1. The van der Waals surface area contributed by atoms with E-state index in [0.29, 0.717) is 17.3 Å². The predicted molar refractivity (Wildman–Crippen MR) is 75.5 cm³/mol. The number of nitrogens with zero attached hydrogens (tertiary/aromatic N) is 1. The second-order valence-electron chi connectivity index (χ2n) is 4.35. The normalized spacial score (nSPS) is 10.9. The van der Waals surface area contributed by atoms with Gasteiger partial charge in [-0.3, -0.25) is 0 Å². The van der Waals surface area contributed by atoms with Crippen molar-refractivity contribution < 1.29 is 4.74 Å². The first-order valence-corrected chi connectivity index (χ1v) is 6.29. The van der Waals surface area contributed by atoms with Gasteiger partial charge in [-0.1, -0.05) is 11.6 Å². The van der Waals surface area contributed by atoms with Crippen molar-refractivity contribution in [2.24, 2.45) is 5.73 Å². The van der Waals surface area contributed by atoms with E-state index in [9.17, 15) is 0 Å². The lowest BCUT2D eigenvalue weighted by Crippen LogP contribution is -2.05. The van der Waals surface area contributed by atoms with Gasteiger partial charge in [0, 0.05) is 22.2 Å². The summed E-state index contributed by atoms with van der Waals surface area (Å²) < 4.78 is 5.35. The molecule has 0 spiro atoms. The summed E-state index contributed by atoms with van der Waals surface area (Å²) in [4.78, 5) is 4.63. The number of benzene rings is 1. The van der Waals surface area contributed by atoms with Crippen molar-refractivity contribution in [1.29, 1.82) is 0 Å². The molecule has 0 fully saturated rings. The summed E-state index contributed by atoms with van der Waals surface area (Å²) in [6.07, 6.45) is 0.822. The summed E-state index contributed by atoms with van der Waals surface area (Å²) in [6.45, 7) is 4.60. The largest absolute Gasteiger partial charge is 0.494 e. The molecule has 2 N–H and O–H groups in total. The van der Waals surface area contributed by atoms with Crippen LogP contribution < -0.4 is 10.5 Å². The second kappa shape index (κ2) is 5.12. The van der Waals surface area contributed by atoms with Gasteiger partial charge in [0.05, 0.1) is 7.11 Å². The highest BCUT2D eigenvalue weighted by molar-refractivity contribution is 6.32. The highest BCUT2D eigenvalue weighted by Gasteiger charge is 2.12. The summed E-state index contributed by atoms with van der Waals surface area (Å²) in [5, 5.41) is 1.73. The number of ether oxygens (including phenoxy) is 1. The molecule has 0 saturated heterocycles. The Bertz CT molecular complexity index is 596. The molecule has 1 heterocycles. The molecule has 0 saturated carbocycles. The van der Waals surface area contributed by atoms with Gasteiger partial charge in [0.25, 0.3) is 0 Å². The van der Waals surface area contributed by atoms with Crippen LogP contribution in [0.1, 0.15) is 16.8 Å². The zero-order valence-electron chi connectivity index (χ0n) is 10.9. The molecule has 2 aromatic rings. The Morgan fingerprint density at radius 1 is 1.33 bits per heavy atom. The monoisotopic (exact) mass is 264 g/mol. The Morgan fingerprint density at radius 3 is 2.67 bits per heavy atom. The van der Waals surface area contributed by atoms with Crippen LogP contribution in [0.4, 0.5) is 0 Å². The first-order chi connectivity index (χ1) is 8.58. The molecule has 0 aliphatic heterocycles. The Labute approximate surface area is 112 Å². The standard InChI is InChI=1S/C14H17ClN2O/c1-8-11-6-10(4-5-16)9(2)17-14(11)13(18-3)7-12(8)15/h6-7H,4-5,16H2,1-3H3. The van der Waals surface area contributed by atoms with Crippen LogP contribution >= 0.6 is 11.6 Å². The van der Waals surface area contributed by atoms with E-state index in [0.717, 1.165) is 34.1 Å². The van der Waals surface area contributed by atoms with E-state index in [4.69, 9.17) is 22.1 Å². The van der Waals surface area contributed by atoms with Gasteiger partial charge in [-0.2, -0.15) is 0 Å². The molecule has 96 valence electrons. The van der Waals surface area contributed by atoms with Gasteiger partial charge >= 0.3 is 0 Å². The van der Waals surface area contributed by atoms with Gasteiger partial charge in [-0.25, -0.2) is 4.98 Å². The van der Waals surface area contributed by atoms with E-state index in [1.807, 2.05) is 19.9 Å². The smallest absolute Gasteiger partial charge is 0.146 e. The summed E-state index contributed by atoms with van der Waals surface area (Å²) in [5.74, 6) is 0.711. The summed E-state index contributed by atoms with van der Waals surface area (Å²) in [6, 6.07) is 3.93. The van der Waals surface area contributed by atoms with Gasteiger partial charge in [0.15, 0.2) is 0 Å². The van der Waals surface area contributed by atoms with E-state index in [1.54, 1.807) is 7.11 Å². The topological polar surface area (TPSA) is 48.1 Å². The van der Waals surface area contributed by atoms with Gasteiger partial charge in [-0.05, 0) is 44.0 Å². The molecule has 0 aliphatic carbocycles. The number of aryl methyl sites for hydroxylation is 2. The van der Waals surface area contributed by atoms with E-state index in [2.05, 4.69) is 11.1 Å². The van der Waals surface area contributed by atoms with Crippen molar-refractivity contribution in [3.8, 4) is 5.75 Å². The lowest BCUT2D eigenvalue weighted by molar-refractivity contribution is 0.419. The number of pyridine rings is 1. The molecule has 1 aromatic carbocycles. The minimum Gasteiger partial charge on any atom is -0.494 e. The third-order valence-electron chi connectivity index (χ3n) is 3.20. The maximum Gasteiger partial charge on any atom is 0.146 e. The molecular weight excluding hydrogens is 248 g/mol. The quantitative estimate of drug-likeness (QED) is 0.927. The average Bonchev–Trinajstić information content (AvgIpc) is 2.36. The van der Waals surface area contributed by atoms with Crippen LogP contribution in [0.5, 0.6) is 5.75 Å². The van der Waals surface area contributed by atoms with Crippen molar-refractivity contribution >= 4 is 22.5 Å². The number of rotatable bonds is 3. The summed E-state index contributed by atoms with van der Waals surface area (Å²) in [7, 11) is 1.63. The zero-order valence-corrected chi connectivity index (χ0v) is 11.6. The molecule has 4 heteroatoms. The fourth-order valence-corrected chi connectivity index (χ4v) is 2.31. The molecule has 0 radical (unpaired) electrons. The lowest BCUT2D eigenvalue weighted by Gasteiger charge is -2.12. The number of aromatic nitrogens is 1. The Hall–Kier alpha value is -1.32. The maximum absolute atomic E-state index is 6.21. The van der Waals surface area contributed by atoms with Crippen molar-refractivity contribution in [3.63, 3.8) is 0 Å². The molecule has 0 aliphatic rings. The Balaban J connectivity index is 2.78. The Morgan fingerprint density at radius 2 is 2.06 bits per heavy atom. The molecule has 0 atom stereocenters. The summed E-state index contributed by atoms with van der Waals surface area (Å²) in [5.41, 5.74) is 9.66. The number of nitrogens with two attached hydrogens (primary N) is 1. The van der Waals surface area contributed by atoms with Crippen LogP contribution in [0.25, 0.3) is 10.9 Å². The number of fused-ring (bicyclic) bond motifs is 1. The molecule has 0 amide bonds. The van der Waals surface area contributed by atoms with Crippen molar-refractivity contribution in [2.45, 2.75) is 20.3 Å². The van der Waals surface area contributed by atoms with Crippen molar-refractivity contribution in [1.82, 2.24) is 4.98 Å². The van der Waals surface area contributed by atoms with Crippen LogP contribution in [0.3, 0.4) is 0 Å². The van der Waals surface area contributed by atoms with Crippen LogP contribution in [-0.4, -0.2) is 18.6 Å². The number of methoxy groups -OCH3 is 1.